The van der Waals surface area contributed by atoms with Gasteiger partial charge >= 0.3 is 0 Å². The Hall–Kier alpha value is -2.55. The number of carbonyl (C=O) groups excluding carboxylic acids is 1. The summed E-state index contributed by atoms with van der Waals surface area (Å²) < 4.78 is 5.08. The summed E-state index contributed by atoms with van der Waals surface area (Å²) in [6.07, 6.45) is 3.34. The van der Waals surface area contributed by atoms with E-state index in [9.17, 15) is 4.79 Å². The van der Waals surface area contributed by atoms with Crippen LogP contribution in [-0.4, -0.2) is 13.0 Å². The van der Waals surface area contributed by atoms with Crippen LogP contribution in [0, 0.1) is 0 Å². The van der Waals surface area contributed by atoms with Gasteiger partial charge in [-0.05, 0) is 29.3 Å². The van der Waals surface area contributed by atoms with Gasteiger partial charge in [-0.1, -0.05) is 42.5 Å². The van der Waals surface area contributed by atoms with Crippen LogP contribution >= 0.6 is 0 Å². The van der Waals surface area contributed by atoms with Crippen molar-refractivity contribution in [1.82, 2.24) is 5.32 Å². The molecule has 0 unspecified atom stereocenters. The van der Waals surface area contributed by atoms with Crippen LogP contribution < -0.4 is 10.1 Å². The van der Waals surface area contributed by atoms with Gasteiger partial charge in [-0.15, -0.1) is 0 Å². The minimum absolute atomic E-state index is 0.107. The molecule has 0 fully saturated rings. The van der Waals surface area contributed by atoms with Gasteiger partial charge in [-0.3, -0.25) is 4.79 Å². The largest absolute Gasteiger partial charge is 0.497 e. The van der Waals surface area contributed by atoms with Crippen LogP contribution in [0.25, 0.3) is 6.08 Å². The molecule has 0 atom stereocenters. The molecule has 2 rings (SSSR count). The van der Waals surface area contributed by atoms with Gasteiger partial charge in [0.1, 0.15) is 5.75 Å². The standard InChI is InChI=1S/C17H17NO2/c1-20-16-10-7-15(8-11-16)13-18-17(19)12-9-14-5-3-2-4-6-14/h2-12H,13H2,1H3,(H,18,19)/b12-9-. The lowest BCUT2D eigenvalue weighted by molar-refractivity contribution is -0.116. The third kappa shape index (κ3) is 4.28. The Morgan fingerprint density at radius 2 is 1.80 bits per heavy atom. The lowest BCUT2D eigenvalue weighted by Crippen LogP contribution is -2.20. The van der Waals surface area contributed by atoms with Crippen molar-refractivity contribution in [3.05, 3.63) is 71.8 Å². The van der Waals surface area contributed by atoms with Gasteiger partial charge in [0.25, 0.3) is 0 Å². The quantitative estimate of drug-likeness (QED) is 0.846. The van der Waals surface area contributed by atoms with E-state index in [-0.39, 0.29) is 5.91 Å². The van der Waals surface area contributed by atoms with Gasteiger partial charge in [0.15, 0.2) is 0 Å². The fraction of sp³-hybridized carbons (Fsp3) is 0.118. The molecule has 0 aliphatic carbocycles. The van der Waals surface area contributed by atoms with Crippen LogP contribution in [0.1, 0.15) is 11.1 Å². The van der Waals surface area contributed by atoms with Gasteiger partial charge in [0, 0.05) is 12.6 Å². The maximum atomic E-state index is 11.7. The second-order valence-electron chi connectivity index (χ2n) is 4.31. The molecule has 0 radical (unpaired) electrons. The van der Waals surface area contributed by atoms with Crippen molar-refractivity contribution in [1.29, 1.82) is 0 Å². The van der Waals surface area contributed by atoms with Gasteiger partial charge in [0.2, 0.25) is 5.91 Å². The Morgan fingerprint density at radius 3 is 2.45 bits per heavy atom. The Morgan fingerprint density at radius 1 is 1.10 bits per heavy atom. The zero-order chi connectivity index (χ0) is 14.2. The summed E-state index contributed by atoms with van der Waals surface area (Å²) in [5, 5.41) is 2.84. The Kier molecular flexibility index (Phi) is 4.95. The van der Waals surface area contributed by atoms with Gasteiger partial charge in [-0.2, -0.15) is 0 Å². The van der Waals surface area contributed by atoms with Crippen molar-refractivity contribution in [2.75, 3.05) is 7.11 Å². The Labute approximate surface area is 118 Å². The summed E-state index contributed by atoms with van der Waals surface area (Å²) in [5.41, 5.74) is 2.04. The highest BCUT2D eigenvalue weighted by Gasteiger charge is 1.97. The molecule has 1 N–H and O–H groups in total. The molecule has 0 bridgehead atoms. The normalized spacial score (nSPS) is 10.4. The molecule has 0 heterocycles. The fourth-order valence-electron chi connectivity index (χ4n) is 1.73. The van der Waals surface area contributed by atoms with Gasteiger partial charge < -0.3 is 10.1 Å². The monoisotopic (exact) mass is 267 g/mol. The number of hydrogen-bond donors (Lipinski definition) is 1. The van der Waals surface area contributed by atoms with E-state index >= 15 is 0 Å². The van der Waals surface area contributed by atoms with Gasteiger partial charge in [0.05, 0.1) is 7.11 Å². The maximum Gasteiger partial charge on any atom is 0.244 e. The molecular formula is C17H17NO2. The van der Waals surface area contributed by atoms with E-state index in [0.29, 0.717) is 6.54 Å². The predicted molar refractivity (Wildman–Crippen MR) is 80.3 cm³/mol. The molecule has 2 aromatic carbocycles. The highest BCUT2D eigenvalue weighted by Crippen LogP contribution is 2.10. The fourth-order valence-corrected chi connectivity index (χ4v) is 1.73. The third-order valence-electron chi connectivity index (χ3n) is 2.85. The summed E-state index contributed by atoms with van der Waals surface area (Å²) in [7, 11) is 1.63. The number of rotatable bonds is 5. The topological polar surface area (TPSA) is 38.3 Å². The van der Waals surface area contributed by atoms with E-state index in [1.165, 1.54) is 0 Å². The van der Waals surface area contributed by atoms with E-state index in [4.69, 9.17) is 4.74 Å². The first-order chi connectivity index (χ1) is 9.78. The number of methoxy groups -OCH3 is 1. The van der Waals surface area contributed by atoms with Crippen LogP contribution in [0.3, 0.4) is 0 Å². The Bertz CT molecular complexity index is 574. The minimum atomic E-state index is -0.107. The second-order valence-corrected chi connectivity index (χ2v) is 4.31. The molecule has 0 aromatic heterocycles. The first-order valence-corrected chi connectivity index (χ1v) is 6.42. The molecule has 2 aromatic rings. The minimum Gasteiger partial charge on any atom is -0.497 e. The van der Waals surface area contributed by atoms with Crippen LogP contribution in [-0.2, 0) is 11.3 Å². The number of nitrogens with one attached hydrogen (secondary N) is 1. The molecule has 0 saturated carbocycles. The first-order valence-electron chi connectivity index (χ1n) is 6.42. The molecule has 0 aliphatic heterocycles. The van der Waals surface area contributed by atoms with E-state index in [1.54, 1.807) is 19.3 Å². The zero-order valence-electron chi connectivity index (χ0n) is 11.4. The van der Waals surface area contributed by atoms with E-state index in [0.717, 1.165) is 16.9 Å². The lowest BCUT2D eigenvalue weighted by atomic mass is 10.2. The second kappa shape index (κ2) is 7.14. The van der Waals surface area contributed by atoms with Crippen molar-refractivity contribution in [2.24, 2.45) is 0 Å². The Balaban J connectivity index is 1.84. The number of hydrogen-bond acceptors (Lipinski definition) is 2. The van der Waals surface area contributed by atoms with Crippen molar-refractivity contribution in [3.8, 4) is 5.75 Å². The lowest BCUT2D eigenvalue weighted by Gasteiger charge is -2.04. The average Bonchev–Trinajstić information content (AvgIpc) is 2.52. The van der Waals surface area contributed by atoms with Crippen LogP contribution in [0.4, 0.5) is 0 Å². The third-order valence-corrected chi connectivity index (χ3v) is 2.85. The molecule has 0 aliphatic rings. The summed E-state index contributed by atoms with van der Waals surface area (Å²) >= 11 is 0. The van der Waals surface area contributed by atoms with E-state index < -0.39 is 0 Å². The van der Waals surface area contributed by atoms with Crippen molar-refractivity contribution >= 4 is 12.0 Å². The van der Waals surface area contributed by atoms with Crippen LogP contribution in [0.5, 0.6) is 5.75 Å². The van der Waals surface area contributed by atoms with E-state index in [1.807, 2.05) is 54.6 Å². The van der Waals surface area contributed by atoms with Crippen molar-refractivity contribution in [2.45, 2.75) is 6.54 Å². The van der Waals surface area contributed by atoms with Crippen LogP contribution in [0.2, 0.25) is 0 Å². The summed E-state index contributed by atoms with van der Waals surface area (Å²) in [6, 6.07) is 17.3. The van der Waals surface area contributed by atoms with Crippen molar-refractivity contribution in [3.63, 3.8) is 0 Å². The molecule has 20 heavy (non-hydrogen) atoms. The average molecular weight is 267 g/mol. The molecular weight excluding hydrogens is 250 g/mol. The first kappa shape index (κ1) is 13.9. The molecule has 3 heteroatoms. The SMILES string of the molecule is COc1ccc(CNC(=O)/C=C\c2ccccc2)cc1. The van der Waals surface area contributed by atoms with Crippen molar-refractivity contribution < 1.29 is 9.53 Å². The summed E-state index contributed by atoms with van der Waals surface area (Å²) in [6.45, 7) is 0.502. The molecule has 102 valence electrons. The zero-order valence-corrected chi connectivity index (χ0v) is 11.4. The van der Waals surface area contributed by atoms with E-state index in [2.05, 4.69) is 5.32 Å². The number of ether oxygens (including phenoxy) is 1. The number of amides is 1. The highest BCUT2D eigenvalue weighted by atomic mass is 16.5. The molecule has 3 nitrogen and oxygen atoms in total. The summed E-state index contributed by atoms with van der Waals surface area (Å²) in [5.74, 6) is 0.703. The van der Waals surface area contributed by atoms with Gasteiger partial charge in [-0.25, -0.2) is 0 Å². The predicted octanol–water partition coefficient (Wildman–Crippen LogP) is 3.02. The van der Waals surface area contributed by atoms with Crippen LogP contribution in [0.15, 0.2) is 60.7 Å². The number of carbonyl (C=O) groups is 1. The summed E-state index contributed by atoms with van der Waals surface area (Å²) in [4.78, 5) is 11.7. The smallest absolute Gasteiger partial charge is 0.244 e. The molecule has 1 amide bonds. The number of benzene rings is 2. The molecule has 0 spiro atoms. The highest BCUT2D eigenvalue weighted by molar-refractivity contribution is 5.91. The maximum absolute atomic E-state index is 11.7. The molecule has 0 saturated heterocycles.